The number of furan rings is 1. The molecule has 2 aromatic rings. The van der Waals surface area contributed by atoms with Crippen molar-refractivity contribution >= 4 is 11.0 Å². The second-order valence-electron chi connectivity index (χ2n) is 6.27. The van der Waals surface area contributed by atoms with Crippen molar-refractivity contribution in [3.8, 4) is 5.75 Å². The number of benzene rings is 1. The Morgan fingerprint density at radius 2 is 1.95 bits per heavy atom. The zero-order chi connectivity index (χ0) is 14.9. The van der Waals surface area contributed by atoms with Gasteiger partial charge in [0.05, 0.1) is 13.7 Å². The maximum absolute atomic E-state index is 6.12. The average Bonchev–Trinajstić information content (AvgIpc) is 2.73. The summed E-state index contributed by atoms with van der Waals surface area (Å²) < 4.78 is 11.6. The summed E-state index contributed by atoms with van der Waals surface area (Å²) in [6.45, 7) is 12.5. The van der Waals surface area contributed by atoms with E-state index in [4.69, 9.17) is 9.15 Å². The standard InChI is InChI=1S/C17H25NO2/c1-7-18-10-14-15(17(3,4)5)12-8-11(2)9-13(19-6)16(12)20-14/h8-9,18H,7,10H2,1-6H3. The zero-order valence-electron chi connectivity index (χ0n) is 13.4. The molecule has 0 saturated heterocycles. The van der Waals surface area contributed by atoms with Crippen LogP contribution in [-0.4, -0.2) is 13.7 Å². The first kappa shape index (κ1) is 14.9. The molecule has 0 spiro atoms. The van der Waals surface area contributed by atoms with Crippen molar-refractivity contribution in [2.45, 2.75) is 46.6 Å². The Morgan fingerprint density at radius 3 is 2.50 bits per heavy atom. The van der Waals surface area contributed by atoms with Crippen LogP contribution in [0.15, 0.2) is 16.5 Å². The highest BCUT2D eigenvalue weighted by Crippen LogP contribution is 2.40. The van der Waals surface area contributed by atoms with Crippen LogP contribution in [0.1, 0.15) is 44.6 Å². The lowest BCUT2D eigenvalue weighted by atomic mass is 9.84. The number of methoxy groups -OCH3 is 1. The molecule has 0 radical (unpaired) electrons. The molecule has 2 rings (SSSR count). The minimum absolute atomic E-state index is 0.0365. The Bertz CT molecular complexity index is 605. The largest absolute Gasteiger partial charge is 0.493 e. The Morgan fingerprint density at radius 1 is 1.25 bits per heavy atom. The first-order valence-corrected chi connectivity index (χ1v) is 7.19. The van der Waals surface area contributed by atoms with Crippen LogP contribution in [0.25, 0.3) is 11.0 Å². The second-order valence-corrected chi connectivity index (χ2v) is 6.27. The number of aryl methyl sites for hydroxylation is 1. The highest BCUT2D eigenvalue weighted by atomic mass is 16.5. The summed E-state index contributed by atoms with van der Waals surface area (Å²) in [5.74, 6) is 1.83. The molecule has 0 aliphatic carbocycles. The van der Waals surface area contributed by atoms with Gasteiger partial charge in [0.15, 0.2) is 11.3 Å². The van der Waals surface area contributed by atoms with Gasteiger partial charge in [-0.25, -0.2) is 0 Å². The second kappa shape index (κ2) is 5.49. The van der Waals surface area contributed by atoms with Crippen LogP contribution in [0.2, 0.25) is 0 Å². The fourth-order valence-electron chi connectivity index (χ4n) is 2.69. The van der Waals surface area contributed by atoms with Gasteiger partial charge in [0.25, 0.3) is 0 Å². The summed E-state index contributed by atoms with van der Waals surface area (Å²) in [7, 11) is 1.69. The molecule has 1 aromatic carbocycles. The SMILES string of the molecule is CCNCc1oc2c(OC)cc(C)cc2c1C(C)(C)C. The third-order valence-electron chi connectivity index (χ3n) is 3.48. The molecule has 1 aromatic heterocycles. The van der Waals surface area contributed by atoms with E-state index in [-0.39, 0.29) is 5.41 Å². The molecule has 0 amide bonds. The molecule has 110 valence electrons. The molecule has 1 heterocycles. The fourth-order valence-corrected chi connectivity index (χ4v) is 2.69. The fraction of sp³-hybridized carbons (Fsp3) is 0.529. The number of nitrogens with one attached hydrogen (secondary N) is 1. The van der Waals surface area contributed by atoms with Crippen LogP contribution >= 0.6 is 0 Å². The van der Waals surface area contributed by atoms with Crippen molar-refractivity contribution in [2.24, 2.45) is 0 Å². The van der Waals surface area contributed by atoms with Crippen LogP contribution in [0, 0.1) is 6.92 Å². The van der Waals surface area contributed by atoms with Crippen LogP contribution in [-0.2, 0) is 12.0 Å². The van der Waals surface area contributed by atoms with Gasteiger partial charge in [-0.3, -0.25) is 0 Å². The van der Waals surface area contributed by atoms with E-state index in [0.717, 1.165) is 30.2 Å². The first-order valence-electron chi connectivity index (χ1n) is 7.19. The molecule has 20 heavy (non-hydrogen) atoms. The highest BCUT2D eigenvalue weighted by molar-refractivity contribution is 5.89. The monoisotopic (exact) mass is 275 g/mol. The highest BCUT2D eigenvalue weighted by Gasteiger charge is 2.26. The van der Waals surface area contributed by atoms with E-state index in [1.165, 1.54) is 16.5 Å². The lowest BCUT2D eigenvalue weighted by Gasteiger charge is -2.19. The predicted octanol–water partition coefficient (Wildman–Crippen LogP) is 4.16. The summed E-state index contributed by atoms with van der Waals surface area (Å²) in [6.07, 6.45) is 0. The molecular weight excluding hydrogens is 250 g/mol. The van der Waals surface area contributed by atoms with Gasteiger partial charge in [0.2, 0.25) is 0 Å². The van der Waals surface area contributed by atoms with Gasteiger partial charge in [-0.2, -0.15) is 0 Å². The molecule has 0 aliphatic rings. The minimum Gasteiger partial charge on any atom is -0.493 e. The Kier molecular flexibility index (Phi) is 4.09. The van der Waals surface area contributed by atoms with Gasteiger partial charge in [-0.15, -0.1) is 0 Å². The minimum atomic E-state index is 0.0365. The van der Waals surface area contributed by atoms with Gasteiger partial charge in [0.1, 0.15) is 5.76 Å². The van der Waals surface area contributed by atoms with Crippen LogP contribution in [0.4, 0.5) is 0 Å². The number of hydrogen-bond acceptors (Lipinski definition) is 3. The molecular formula is C17H25NO2. The van der Waals surface area contributed by atoms with E-state index in [9.17, 15) is 0 Å². The maximum atomic E-state index is 6.12. The van der Waals surface area contributed by atoms with E-state index in [0.29, 0.717) is 0 Å². The van der Waals surface area contributed by atoms with Gasteiger partial charge in [0, 0.05) is 10.9 Å². The maximum Gasteiger partial charge on any atom is 0.176 e. The van der Waals surface area contributed by atoms with E-state index in [1.807, 2.05) is 6.07 Å². The van der Waals surface area contributed by atoms with Crippen molar-refractivity contribution in [1.82, 2.24) is 5.32 Å². The molecule has 1 N–H and O–H groups in total. The molecule has 3 nitrogen and oxygen atoms in total. The summed E-state index contributed by atoms with van der Waals surface area (Å²) in [6, 6.07) is 4.21. The molecule has 0 aliphatic heterocycles. The summed E-state index contributed by atoms with van der Waals surface area (Å²) in [5, 5.41) is 4.52. The van der Waals surface area contributed by atoms with Gasteiger partial charge >= 0.3 is 0 Å². The van der Waals surface area contributed by atoms with Gasteiger partial charge in [-0.1, -0.05) is 27.7 Å². The van der Waals surface area contributed by atoms with E-state index in [1.54, 1.807) is 7.11 Å². The smallest absolute Gasteiger partial charge is 0.176 e. The molecule has 0 fully saturated rings. The van der Waals surface area contributed by atoms with Crippen molar-refractivity contribution in [1.29, 1.82) is 0 Å². The van der Waals surface area contributed by atoms with E-state index in [2.05, 4.69) is 46.0 Å². The third kappa shape index (κ3) is 2.68. The van der Waals surface area contributed by atoms with Crippen molar-refractivity contribution in [2.75, 3.05) is 13.7 Å². The summed E-state index contributed by atoms with van der Waals surface area (Å²) in [4.78, 5) is 0. The molecule has 0 unspecified atom stereocenters. The Hall–Kier alpha value is -1.48. The van der Waals surface area contributed by atoms with Crippen LogP contribution in [0.3, 0.4) is 0 Å². The zero-order valence-corrected chi connectivity index (χ0v) is 13.4. The molecule has 0 atom stereocenters. The molecule has 3 heteroatoms. The van der Waals surface area contributed by atoms with Crippen LogP contribution < -0.4 is 10.1 Å². The quantitative estimate of drug-likeness (QED) is 0.910. The Balaban J connectivity index is 2.72. The van der Waals surface area contributed by atoms with Crippen molar-refractivity contribution in [3.63, 3.8) is 0 Å². The topological polar surface area (TPSA) is 34.4 Å². The van der Waals surface area contributed by atoms with Crippen LogP contribution in [0.5, 0.6) is 5.75 Å². The predicted molar refractivity (Wildman–Crippen MR) is 83.6 cm³/mol. The number of fused-ring (bicyclic) bond motifs is 1. The van der Waals surface area contributed by atoms with Gasteiger partial charge in [-0.05, 0) is 36.6 Å². The lowest BCUT2D eigenvalue weighted by molar-refractivity contribution is 0.405. The van der Waals surface area contributed by atoms with Gasteiger partial charge < -0.3 is 14.5 Å². The van der Waals surface area contributed by atoms with Crippen molar-refractivity contribution in [3.05, 3.63) is 29.0 Å². The summed E-state index contributed by atoms with van der Waals surface area (Å²) >= 11 is 0. The van der Waals surface area contributed by atoms with E-state index < -0.39 is 0 Å². The number of hydrogen-bond donors (Lipinski definition) is 1. The van der Waals surface area contributed by atoms with E-state index >= 15 is 0 Å². The summed E-state index contributed by atoms with van der Waals surface area (Å²) in [5.41, 5.74) is 3.36. The molecule has 0 bridgehead atoms. The normalized spacial score (nSPS) is 12.1. The Labute approximate surface area is 121 Å². The first-order chi connectivity index (χ1) is 9.38. The number of ether oxygens (including phenoxy) is 1. The third-order valence-corrected chi connectivity index (χ3v) is 3.48. The molecule has 0 saturated carbocycles. The average molecular weight is 275 g/mol. The van der Waals surface area contributed by atoms with Crippen molar-refractivity contribution < 1.29 is 9.15 Å². The number of rotatable bonds is 4. The lowest BCUT2D eigenvalue weighted by Crippen LogP contribution is -2.18.